The standard InChI is InChI=1S/C19H17F2N3O5/c1-11(12-3-5-14(20)15(21)7-12)22(2)18(25)9-23-16-8-13(24(27)28)4-6-17(16)29-10-19(23)26/h3-8,11H,9-10H2,1-2H3. The Morgan fingerprint density at radius 1 is 1.28 bits per heavy atom. The molecule has 0 bridgehead atoms. The van der Waals surface area contributed by atoms with Gasteiger partial charge in [-0.3, -0.25) is 24.6 Å². The molecule has 2 aromatic rings. The Morgan fingerprint density at radius 3 is 2.66 bits per heavy atom. The number of fused-ring (bicyclic) bond motifs is 1. The van der Waals surface area contributed by atoms with Crippen LogP contribution < -0.4 is 9.64 Å². The third-order valence-corrected chi connectivity index (χ3v) is 4.79. The van der Waals surface area contributed by atoms with Gasteiger partial charge in [-0.05, 0) is 30.7 Å². The first-order chi connectivity index (χ1) is 13.7. The number of non-ortho nitro benzene ring substituents is 1. The molecule has 1 atom stereocenters. The van der Waals surface area contributed by atoms with E-state index in [-0.39, 0.29) is 30.3 Å². The van der Waals surface area contributed by atoms with Gasteiger partial charge in [0.25, 0.3) is 11.6 Å². The molecule has 0 spiro atoms. The number of hydrogen-bond acceptors (Lipinski definition) is 5. The van der Waals surface area contributed by atoms with Crippen LogP contribution in [0.1, 0.15) is 18.5 Å². The average Bonchev–Trinajstić information content (AvgIpc) is 2.70. The summed E-state index contributed by atoms with van der Waals surface area (Å²) >= 11 is 0. The number of anilines is 1. The first-order valence-electron chi connectivity index (χ1n) is 8.61. The van der Waals surface area contributed by atoms with Gasteiger partial charge in [0, 0.05) is 19.2 Å². The Labute approximate surface area is 164 Å². The second-order valence-corrected chi connectivity index (χ2v) is 6.53. The van der Waals surface area contributed by atoms with Crippen molar-refractivity contribution in [3.05, 3.63) is 63.7 Å². The summed E-state index contributed by atoms with van der Waals surface area (Å²) in [6.07, 6.45) is 0. The predicted octanol–water partition coefficient (Wildman–Crippen LogP) is 2.82. The van der Waals surface area contributed by atoms with Gasteiger partial charge in [-0.15, -0.1) is 0 Å². The zero-order valence-corrected chi connectivity index (χ0v) is 15.6. The first-order valence-corrected chi connectivity index (χ1v) is 8.61. The highest BCUT2D eigenvalue weighted by Gasteiger charge is 2.31. The number of rotatable bonds is 5. The van der Waals surface area contributed by atoms with Gasteiger partial charge in [0.1, 0.15) is 12.3 Å². The van der Waals surface area contributed by atoms with E-state index in [2.05, 4.69) is 0 Å². The summed E-state index contributed by atoms with van der Waals surface area (Å²) in [5, 5.41) is 11.0. The molecule has 29 heavy (non-hydrogen) atoms. The van der Waals surface area contributed by atoms with E-state index in [0.29, 0.717) is 5.56 Å². The van der Waals surface area contributed by atoms with Gasteiger partial charge in [0.2, 0.25) is 5.91 Å². The number of carbonyl (C=O) groups excluding carboxylic acids is 2. The van der Waals surface area contributed by atoms with Crippen molar-refractivity contribution in [2.24, 2.45) is 0 Å². The molecule has 10 heteroatoms. The quantitative estimate of drug-likeness (QED) is 0.563. The molecule has 0 aromatic heterocycles. The fraction of sp³-hybridized carbons (Fsp3) is 0.263. The van der Waals surface area contributed by atoms with Crippen LogP contribution in [0.15, 0.2) is 36.4 Å². The average molecular weight is 405 g/mol. The van der Waals surface area contributed by atoms with E-state index in [1.54, 1.807) is 6.92 Å². The van der Waals surface area contributed by atoms with E-state index < -0.39 is 34.4 Å². The molecule has 8 nitrogen and oxygen atoms in total. The number of ether oxygens (including phenoxy) is 1. The number of nitrogens with zero attached hydrogens (tertiary/aromatic N) is 3. The van der Waals surface area contributed by atoms with Crippen LogP contribution in [0.5, 0.6) is 5.75 Å². The topological polar surface area (TPSA) is 93.0 Å². The van der Waals surface area contributed by atoms with E-state index in [1.165, 1.54) is 36.2 Å². The third kappa shape index (κ3) is 4.00. The number of nitro groups is 1. The van der Waals surface area contributed by atoms with Gasteiger partial charge >= 0.3 is 0 Å². The second kappa shape index (κ2) is 7.82. The fourth-order valence-corrected chi connectivity index (χ4v) is 2.94. The Morgan fingerprint density at radius 2 is 2.00 bits per heavy atom. The van der Waals surface area contributed by atoms with E-state index in [4.69, 9.17) is 4.74 Å². The zero-order chi connectivity index (χ0) is 21.3. The molecule has 1 aliphatic heterocycles. The Balaban J connectivity index is 1.82. The summed E-state index contributed by atoms with van der Waals surface area (Å²) in [5.41, 5.74) is 0.254. The molecule has 152 valence electrons. The molecule has 0 saturated heterocycles. The largest absolute Gasteiger partial charge is 0.482 e. The molecule has 0 radical (unpaired) electrons. The highest BCUT2D eigenvalue weighted by molar-refractivity contribution is 6.02. The lowest BCUT2D eigenvalue weighted by Gasteiger charge is -2.32. The third-order valence-electron chi connectivity index (χ3n) is 4.79. The van der Waals surface area contributed by atoms with Crippen molar-refractivity contribution in [1.82, 2.24) is 4.90 Å². The van der Waals surface area contributed by atoms with Gasteiger partial charge in [-0.1, -0.05) is 6.07 Å². The lowest BCUT2D eigenvalue weighted by molar-refractivity contribution is -0.384. The van der Waals surface area contributed by atoms with Gasteiger partial charge in [-0.2, -0.15) is 0 Å². The van der Waals surface area contributed by atoms with Crippen molar-refractivity contribution >= 4 is 23.2 Å². The van der Waals surface area contributed by atoms with E-state index >= 15 is 0 Å². The molecule has 0 aliphatic carbocycles. The van der Waals surface area contributed by atoms with E-state index in [1.807, 2.05) is 0 Å². The summed E-state index contributed by atoms with van der Waals surface area (Å²) in [7, 11) is 1.47. The number of nitro benzene ring substituents is 1. The predicted molar refractivity (Wildman–Crippen MR) is 98.5 cm³/mol. The maximum atomic E-state index is 13.5. The van der Waals surface area contributed by atoms with Crippen LogP contribution in [0, 0.1) is 21.7 Å². The number of amides is 2. The molecular weight excluding hydrogens is 388 g/mol. The maximum Gasteiger partial charge on any atom is 0.271 e. The Hall–Kier alpha value is -3.56. The molecule has 0 fully saturated rings. The zero-order valence-electron chi connectivity index (χ0n) is 15.6. The highest BCUT2D eigenvalue weighted by atomic mass is 19.2. The normalized spacial score (nSPS) is 14.1. The number of hydrogen-bond donors (Lipinski definition) is 0. The molecule has 2 amide bonds. The van der Waals surface area contributed by atoms with Crippen LogP contribution in [-0.2, 0) is 9.59 Å². The molecule has 0 N–H and O–H groups in total. The van der Waals surface area contributed by atoms with Crippen LogP contribution in [0.3, 0.4) is 0 Å². The number of halogens is 2. The van der Waals surface area contributed by atoms with Crippen molar-refractivity contribution in [2.75, 3.05) is 25.1 Å². The molecule has 2 aromatic carbocycles. The van der Waals surface area contributed by atoms with Crippen LogP contribution in [0.25, 0.3) is 0 Å². The van der Waals surface area contributed by atoms with Crippen molar-refractivity contribution in [3.63, 3.8) is 0 Å². The summed E-state index contributed by atoms with van der Waals surface area (Å²) in [6, 6.07) is 6.52. The lowest BCUT2D eigenvalue weighted by atomic mass is 10.1. The molecule has 1 aliphatic rings. The monoisotopic (exact) mass is 405 g/mol. The summed E-state index contributed by atoms with van der Waals surface area (Å²) in [5.74, 6) is -2.79. The minimum atomic E-state index is -1.03. The molecule has 1 heterocycles. The molecule has 1 unspecified atom stereocenters. The fourth-order valence-electron chi connectivity index (χ4n) is 2.94. The van der Waals surface area contributed by atoms with Crippen LogP contribution in [0.4, 0.5) is 20.2 Å². The van der Waals surface area contributed by atoms with Crippen molar-refractivity contribution in [1.29, 1.82) is 0 Å². The summed E-state index contributed by atoms with van der Waals surface area (Å²) in [4.78, 5) is 37.8. The minimum absolute atomic E-state index is 0.123. The summed E-state index contributed by atoms with van der Waals surface area (Å²) < 4.78 is 31.9. The van der Waals surface area contributed by atoms with Crippen molar-refractivity contribution < 1.29 is 28.0 Å². The highest BCUT2D eigenvalue weighted by Crippen LogP contribution is 2.35. The first kappa shape index (κ1) is 20.2. The van der Waals surface area contributed by atoms with Crippen molar-refractivity contribution in [2.45, 2.75) is 13.0 Å². The molecule has 3 rings (SSSR count). The second-order valence-electron chi connectivity index (χ2n) is 6.53. The minimum Gasteiger partial charge on any atom is -0.482 e. The van der Waals surface area contributed by atoms with Crippen LogP contribution in [0.2, 0.25) is 0 Å². The summed E-state index contributed by atoms with van der Waals surface area (Å²) in [6.45, 7) is 0.936. The number of carbonyl (C=O) groups is 2. The van der Waals surface area contributed by atoms with Crippen LogP contribution >= 0.6 is 0 Å². The number of benzene rings is 2. The Kier molecular flexibility index (Phi) is 5.44. The smallest absolute Gasteiger partial charge is 0.271 e. The van der Waals surface area contributed by atoms with E-state index in [0.717, 1.165) is 17.0 Å². The van der Waals surface area contributed by atoms with Gasteiger partial charge in [-0.25, -0.2) is 8.78 Å². The van der Waals surface area contributed by atoms with Gasteiger partial charge in [0.15, 0.2) is 18.2 Å². The van der Waals surface area contributed by atoms with Crippen LogP contribution in [-0.4, -0.2) is 41.8 Å². The van der Waals surface area contributed by atoms with Gasteiger partial charge in [0.05, 0.1) is 16.7 Å². The SMILES string of the molecule is CC(c1ccc(F)c(F)c1)N(C)C(=O)CN1C(=O)COc2ccc([N+](=O)[O-])cc21. The lowest BCUT2D eigenvalue weighted by Crippen LogP contribution is -2.46. The maximum absolute atomic E-state index is 13.5. The Bertz CT molecular complexity index is 998. The van der Waals surface area contributed by atoms with Gasteiger partial charge < -0.3 is 9.64 Å². The van der Waals surface area contributed by atoms with E-state index in [9.17, 15) is 28.5 Å². The van der Waals surface area contributed by atoms with Crippen molar-refractivity contribution in [3.8, 4) is 5.75 Å². The number of likely N-dealkylation sites (N-methyl/N-ethyl adjacent to an activating group) is 1. The molecular formula is C19H17F2N3O5. The molecule has 0 saturated carbocycles.